The van der Waals surface area contributed by atoms with E-state index >= 15 is 0 Å². The Labute approximate surface area is 139 Å². The molecule has 0 saturated carbocycles. The number of ether oxygens (including phenoxy) is 1. The molecule has 2 rings (SSSR count). The summed E-state index contributed by atoms with van der Waals surface area (Å²) in [4.78, 5) is 20.4. The first kappa shape index (κ1) is 18.2. The molecule has 0 atom stereocenters. The minimum atomic E-state index is 0.166. The molecule has 0 bridgehead atoms. The third-order valence-electron chi connectivity index (χ3n) is 4.97. The number of piperidine rings is 1. The zero-order valence-electron chi connectivity index (χ0n) is 15.0. The van der Waals surface area contributed by atoms with Crippen molar-refractivity contribution in [2.24, 2.45) is 0 Å². The second-order valence-corrected chi connectivity index (χ2v) is 6.76. The summed E-state index contributed by atoms with van der Waals surface area (Å²) in [5.74, 6) is 0. The van der Waals surface area contributed by atoms with Gasteiger partial charge in [0.25, 0.3) is 0 Å². The van der Waals surface area contributed by atoms with Crippen LogP contribution in [-0.4, -0.2) is 61.2 Å². The predicted molar refractivity (Wildman–Crippen MR) is 94.0 cm³/mol. The Kier molecular flexibility index (Phi) is 6.81. The number of H-pyrrole nitrogens is 1. The summed E-state index contributed by atoms with van der Waals surface area (Å²) < 4.78 is 5.21. The van der Waals surface area contributed by atoms with Crippen LogP contribution in [0.5, 0.6) is 0 Å². The third-order valence-corrected chi connectivity index (χ3v) is 4.97. The molecule has 0 spiro atoms. The summed E-state index contributed by atoms with van der Waals surface area (Å²) in [6.07, 6.45) is 5.25. The molecule has 130 valence electrons. The van der Waals surface area contributed by atoms with E-state index in [1.165, 1.54) is 12.8 Å². The van der Waals surface area contributed by atoms with Gasteiger partial charge < -0.3 is 14.6 Å². The number of pyridine rings is 1. The van der Waals surface area contributed by atoms with Crippen LogP contribution in [0.2, 0.25) is 0 Å². The number of nitrogens with zero attached hydrogens (tertiary/aromatic N) is 2. The number of aromatic nitrogens is 1. The number of aryl methyl sites for hydroxylation is 1. The van der Waals surface area contributed by atoms with E-state index in [1.807, 2.05) is 20.0 Å². The van der Waals surface area contributed by atoms with E-state index in [0.29, 0.717) is 6.04 Å². The zero-order chi connectivity index (χ0) is 16.8. The van der Waals surface area contributed by atoms with E-state index in [-0.39, 0.29) is 5.43 Å². The van der Waals surface area contributed by atoms with Crippen LogP contribution in [0, 0.1) is 13.8 Å². The van der Waals surface area contributed by atoms with Crippen LogP contribution in [-0.2, 0) is 11.3 Å². The molecule has 1 fully saturated rings. The summed E-state index contributed by atoms with van der Waals surface area (Å²) >= 11 is 0. The molecule has 1 aromatic heterocycles. The molecule has 1 N–H and O–H groups in total. The van der Waals surface area contributed by atoms with Crippen LogP contribution in [0.4, 0.5) is 0 Å². The molecule has 1 aliphatic heterocycles. The lowest BCUT2D eigenvalue weighted by molar-refractivity contribution is 0.0988. The molecule has 0 unspecified atom stereocenters. The van der Waals surface area contributed by atoms with Gasteiger partial charge in [0.2, 0.25) is 0 Å². The average Bonchev–Trinajstić information content (AvgIpc) is 2.55. The molecule has 0 aliphatic carbocycles. The molecule has 0 amide bonds. The van der Waals surface area contributed by atoms with Gasteiger partial charge in [0, 0.05) is 55.9 Å². The second kappa shape index (κ2) is 8.62. The van der Waals surface area contributed by atoms with Crippen LogP contribution in [0.25, 0.3) is 0 Å². The highest BCUT2D eigenvalue weighted by Crippen LogP contribution is 2.19. The monoisotopic (exact) mass is 321 g/mol. The van der Waals surface area contributed by atoms with Gasteiger partial charge in [-0.3, -0.25) is 9.69 Å². The van der Waals surface area contributed by atoms with E-state index in [2.05, 4.69) is 21.8 Å². The summed E-state index contributed by atoms with van der Waals surface area (Å²) in [6.45, 7) is 8.71. The summed E-state index contributed by atoms with van der Waals surface area (Å²) in [5, 5.41) is 0. The lowest BCUT2D eigenvalue weighted by Gasteiger charge is -2.37. The van der Waals surface area contributed by atoms with Gasteiger partial charge in [-0.2, -0.15) is 0 Å². The maximum Gasteiger partial charge on any atom is 0.187 e. The highest BCUT2D eigenvalue weighted by molar-refractivity contribution is 5.23. The van der Waals surface area contributed by atoms with Gasteiger partial charge in [-0.25, -0.2) is 0 Å². The molecule has 1 aromatic rings. The maximum atomic E-state index is 12.2. The lowest BCUT2D eigenvalue weighted by Crippen LogP contribution is -2.44. The van der Waals surface area contributed by atoms with Crippen LogP contribution < -0.4 is 5.43 Å². The molecule has 23 heavy (non-hydrogen) atoms. The minimum Gasteiger partial charge on any atom is -0.385 e. The first-order chi connectivity index (χ1) is 11.0. The summed E-state index contributed by atoms with van der Waals surface area (Å²) in [7, 11) is 3.94. The lowest BCUT2D eigenvalue weighted by atomic mass is 10.0. The van der Waals surface area contributed by atoms with E-state index in [9.17, 15) is 4.79 Å². The Morgan fingerprint density at radius 3 is 2.70 bits per heavy atom. The van der Waals surface area contributed by atoms with Crippen LogP contribution >= 0.6 is 0 Å². The molecule has 1 saturated heterocycles. The third kappa shape index (κ3) is 4.90. The van der Waals surface area contributed by atoms with E-state index in [4.69, 9.17) is 4.74 Å². The van der Waals surface area contributed by atoms with Crippen molar-refractivity contribution >= 4 is 0 Å². The molecule has 5 nitrogen and oxygen atoms in total. The van der Waals surface area contributed by atoms with Crippen molar-refractivity contribution in [3.63, 3.8) is 0 Å². The van der Waals surface area contributed by atoms with Gasteiger partial charge >= 0.3 is 0 Å². The molecular formula is C18H31N3O2. The molecule has 0 aromatic carbocycles. The van der Waals surface area contributed by atoms with Gasteiger partial charge in [0.1, 0.15) is 0 Å². The van der Waals surface area contributed by atoms with Crippen LogP contribution in [0.1, 0.15) is 36.1 Å². The van der Waals surface area contributed by atoms with Gasteiger partial charge in [-0.1, -0.05) is 0 Å². The van der Waals surface area contributed by atoms with Crippen molar-refractivity contribution < 1.29 is 4.74 Å². The first-order valence-corrected chi connectivity index (χ1v) is 8.62. The molecule has 1 aliphatic rings. The summed E-state index contributed by atoms with van der Waals surface area (Å²) in [6, 6.07) is 0.590. The maximum absolute atomic E-state index is 12.2. The highest BCUT2D eigenvalue weighted by Gasteiger charge is 2.23. The van der Waals surface area contributed by atoms with Crippen molar-refractivity contribution in [1.82, 2.24) is 14.8 Å². The zero-order valence-corrected chi connectivity index (χ0v) is 15.0. The number of hydrogen-bond acceptors (Lipinski definition) is 4. The smallest absolute Gasteiger partial charge is 0.187 e. The van der Waals surface area contributed by atoms with E-state index in [1.54, 1.807) is 7.11 Å². The molecule has 0 radical (unpaired) electrons. The van der Waals surface area contributed by atoms with Gasteiger partial charge in [-0.15, -0.1) is 0 Å². The van der Waals surface area contributed by atoms with Crippen molar-refractivity contribution in [2.45, 2.75) is 45.7 Å². The molecule has 5 heteroatoms. The number of nitrogens with one attached hydrogen (secondary N) is 1. The Balaban J connectivity index is 2.10. The average molecular weight is 321 g/mol. The quantitative estimate of drug-likeness (QED) is 0.780. The van der Waals surface area contributed by atoms with Crippen molar-refractivity contribution in [1.29, 1.82) is 0 Å². The van der Waals surface area contributed by atoms with Crippen molar-refractivity contribution in [2.75, 3.05) is 40.4 Å². The normalized spacial score (nSPS) is 17.1. The van der Waals surface area contributed by atoms with Crippen molar-refractivity contribution in [3.05, 3.63) is 33.2 Å². The Morgan fingerprint density at radius 2 is 2.04 bits per heavy atom. The molecular weight excluding hydrogens is 290 g/mol. The largest absolute Gasteiger partial charge is 0.385 e. The Bertz CT molecular complexity index is 548. The fourth-order valence-electron chi connectivity index (χ4n) is 3.33. The minimum absolute atomic E-state index is 0.166. The standard InChI is InChI=1S/C18H31N3O2/c1-14-12-19-17(15(2)18(14)22)13-21(8-5-11-23-4)16-6-9-20(3)10-7-16/h12,16H,5-11,13H2,1-4H3,(H,19,22). The predicted octanol–water partition coefficient (Wildman–Crippen LogP) is 1.92. The fraction of sp³-hybridized carbons (Fsp3) is 0.722. The van der Waals surface area contributed by atoms with E-state index in [0.717, 1.165) is 56.0 Å². The van der Waals surface area contributed by atoms with Crippen LogP contribution in [0.3, 0.4) is 0 Å². The number of likely N-dealkylation sites (tertiary alicyclic amines) is 1. The van der Waals surface area contributed by atoms with Gasteiger partial charge in [0.05, 0.1) is 0 Å². The fourth-order valence-corrected chi connectivity index (χ4v) is 3.33. The topological polar surface area (TPSA) is 48.6 Å². The summed E-state index contributed by atoms with van der Waals surface area (Å²) in [5.41, 5.74) is 2.86. The SMILES string of the molecule is COCCCN(Cc1[nH]cc(C)c(=O)c1C)C1CCN(C)CC1. The van der Waals surface area contributed by atoms with Crippen molar-refractivity contribution in [3.8, 4) is 0 Å². The highest BCUT2D eigenvalue weighted by atomic mass is 16.5. The number of methoxy groups -OCH3 is 1. The Morgan fingerprint density at radius 1 is 1.35 bits per heavy atom. The first-order valence-electron chi connectivity index (χ1n) is 8.62. The van der Waals surface area contributed by atoms with Gasteiger partial charge in [-0.05, 0) is 53.2 Å². The van der Waals surface area contributed by atoms with Crippen LogP contribution in [0.15, 0.2) is 11.0 Å². The Hall–Kier alpha value is -1.17. The second-order valence-electron chi connectivity index (χ2n) is 6.76. The van der Waals surface area contributed by atoms with Gasteiger partial charge in [0.15, 0.2) is 5.43 Å². The molecule has 2 heterocycles. The number of aromatic amines is 1. The number of hydrogen-bond donors (Lipinski definition) is 1. The van der Waals surface area contributed by atoms with E-state index < -0.39 is 0 Å². The number of rotatable bonds is 7.